The summed E-state index contributed by atoms with van der Waals surface area (Å²) in [5, 5.41) is 1.20. The molecule has 5 nitrogen and oxygen atoms in total. The number of hydrogen-bond acceptors (Lipinski definition) is 2. The van der Waals surface area contributed by atoms with Crippen LogP contribution in [0.25, 0.3) is 10.9 Å². The summed E-state index contributed by atoms with van der Waals surface area (Å²) < 4.78 is 1.85. The molecule has 0 saturated heterocycles. The van der Waals surface area contributed by atoms with E-state index in [2.05, 4.69) is 10.9 Å². The summed E-state index contributed by atoms with van der Waals surface area (Å²) in [5.74, 6) is -0.964. The van der Waals surface area contributed by atoms with Gasteiger partial charge < -0.3 is 4.57 Å². The van der Waals surface area contributed by atoms with Gasteiger partial charge in [0, 0.05) is 24.1 Å². The standard InChI is InChI=1S/C17H13Cl2N3O2/c1-22-9-12(10-5-2-3-8-14(10)22)17(24)21-20-16(23)11-6-4-7-13(18)15(11)19/h2-9H,1H3,(H,20,23)(H,21,24). The lowest BCUT2D eigenvalue weighted by Crippen LogP contribution is -2.41. The monoisotopic (exact) mass is 361 g/mol. The molecule has 0 atom stereocenters. The molecule has 0 fully saturated rings. The van der Waals surface area contributed by atoms with Crippen molar-refractivity contribution in [3.63, 3.8) is 0 Å². The summed E-state index contributed by atoms with van der Waals surface area (Å²) in [5.41, 5.74) is 6.31. The second kappa shape index (κ2) is 6.55. The van der Waals surface area contributed by atoms with Crippen molar-refractivity contribution in [1.29, 1.82) is 0 Å². The van der Waals surface area contributed by atoms with Crippen molar-refractivity contribution in [3.05, 3.63) is 69.8 Å². The molecule has 3 rings (SSSR count). The van der Waals surface area contributed by atoms with Gasteiger partial charge in [-0.05, 0) is 18.2 Å². The highest BCUT2D eigenvalue weighted by Crippen LogP contribution is 2.25. The van der Waals surface area contributed by atoms with E-state index in [1.165, 1.54) is 6.07 Å². The second-order valence-electron chi connectivity index (χ2n) is 5.18. The first-order valence-corrected chi connectivity index (χ1v) is 7.83. The van der Waals surface area contributed by atoms with Gasteiger partial charge in [-0.25, -0.2) is 0 Å². The van der Waals surface area contributed by atoms with Gasteiger partial charge in [0.15, 0.2) is 0 Å². The molecule has 0 bridgehead atoms. The van der Waals surface area contributed by atoms with E-state index in [1.54, 1.807) is 18.3 Å². The lowest BCUT2D eigenvalue weighted by Gasteiger charge is -2.08. The lowest BCUT2D eigenvalue weighted by molar-refractivity contribution is 0.0847. The van der Waals surface area contributed by atoms with E-state index in [4.69, 9.17) is 23.2 Å². The molecular formula is C17H13Cl2N3O2. The van der Waals surface area contributed by atoms with Crippen LogP contribution in [0.2, 0.25) is 10.0 Å². The van der Waals surface area contributed by atoms with Gasteiger partial charge in [-0.15, -0.1) is 0 Å². The number of aryl methyl sites for hydroxylation is 1. The Morgan fingerprint density at radius 2 is 1.58 bits per heavy atom. The Labute approximate surface area is 148 Å². The van der Waals surface area contributed by atoms with Crippen LogP contribution in [0.3, 0.4) is 0 Å². The molecule has 0 aliphatic carbocycles. The van der Waals surface area contributed by atoms with Gasteiger partial charge >= 0.3 is 0 Å². The number of carbonyl (C=O) groups is 2. The molecule has 122 valence electrons. The molecule has 1 aromatic heterocycles. The van der Waals surface area contributed by atoms with Crippen LogP contribution in [0.15, 0.2) is 48.7 Å². The first kappa shape index (κ1) is 16.4. The van der Waals surface area contributed by atoms with Crippen LogP contribution in [0.5, 0.6) is 0 Å². The summed E-state index contributed by atoms with van der Waals surface area (Å²) in [6, 6.07) is 12.2. The van der Waals surface area contributed by atoms with Crippen LogP contribution in [0.1, 0.15) is 20.7 Å². The van der Waals surface area contributed by atoms with Crippen LogP contribution in [0, 0.1) is 0 Å². The molecule has 0 aliphatic heterocycles. The Hall–Kier alpha value is -2.50. The number of nitrogens with one attached hydrogen (secondary N) is 2. The predicted octanol–water partition coefficient (Wildman–Crippen LogP) is 3.56. The van der Waals surface area contributed by atoms with Crippen molar-refractivity contribution in [2.45, 2.75) is 0 Å². The first-order chi connectivity index (χ1) is 11.5. The van der Waals surface area contributed by atoms with Gasteiger partial charge in [0.1, 0.15) is 0 Å². The number of amides is 2. The van der Waals surface area contributed by atoms with Crippen LogP contribution < -0.4 is 10.9 Å². The van der Waals surface area contributed by atoms with Crippen LogP contribution in [-0.2, 0) is 7.05 Å². The number of halogens is 2. The normalized spacial score (nSPS) is 10.6. The fourth-order valence-electron chi connectivity index (χ4n) is 2.45. The zero-order valence-electron chi connectivity index (χ0n) is 12.6. The Balaban J connectivity index is 1.78. The SMILES string of the molecule is Cn1cc(C(=O)NNC(=O)c2cccc(Cl)c2Cl)c2ccccc21. The zero-order valence-corrected chi connectivity index (χ0v) is 14.2. The van der Waals surface area contributed by atoms with Crippen molar-refractivity contribution in [1.82, 2.24) is 15.4 Å². The largest absolute Gasteiger partial charge is 0.350 e. The van der Waals surface area contributed by atoms with E-state index < -0.39 is 11.8 Å². The zero-order chi connectivity index (χ0) is 17.3. The molecular weight excluding hydrogens is 349 g/mol. The maximum atomic E-state index is 12.4. The van der Waals surface area contributed by atoms with Crippen molar-refractivity contribution < 1.29 is 9.59 Å². The molecule has 0 radical (unpaired) electrons. The molecule has 3 aromatic rings. The number of fused-ring (bicyclic) bond motifs is 1. The molecule has 2 amide bonds. The quantitative estimate of drug-likeness (QED) is 0.685. The second-order valence-corrected chi connectivity index (χ2v) is 5.97. The lowest BCUT2D eigenvalue weighted by atomic mass is 10.2. The molecule has 7 heteroatoms. The average Bonchev–Trinajstić information content (AvgIpc) is 2.92. The fourth-order valence-corrected chi connectivity index (χ4v) is 2.84. The highest BCUT2D eigenvalue weighted by atomic mass is 35.5. The van der Waals surface area contributed by atoms with Crippen molar-refractivity contribution in [3.8, 4) is 0 Å². The third kappa shape index (κ3) is 2.96. The maximum absolute atomic E-state index is 12.4. The van der Waals surface area contributed by atoms with E-state index in [0.717, 1.165) is 10.9 Å². The van der Waals surface area contributed by atoms with Gasteiger partial charge in [-0.3, -0.25) is 20.4 Å². The van der Waals surface area contributed by atoms with Gasteiger partial charge in [0.2, 0.25) is 0 Å². The van der Waals surface area contributed by atoms with Gasteiger partial charge in [0.05, 0.1) is 21.2 Å². The molecule has 24 heavy (non-hydrogen) atoms. The predicted molar refractivity (Wildman–Crippen MR) is 94.3 cm³/mol. The first-order valence-electron chi connectivity index (χ1n) is 7.08. The number of hydrazine groups is 1. The number of nitrogens with zero attached hydrogens (tertiary/aromatic N) is 1. The summed E-state index contributed by atoms with van der Waals surface area (Å²) >= 11 is 11.9. The maximum Gasteiger partial charge on any atom is 0.271 e. The number of carbonyl (C=O) groups excluding carboxylic acids is 2. The van der Waals surface area contributed by atoms with Crippen molar-refractivity contribution in [2.24, 2.45) is 7.05 Å². The molecule has 0 unspecified atom stereocenters. The van der Waals surface area contributed by atoms with E-state index in [9.17, 15) is 9.59 Å². The number of aromatic nitrogens is 1. The van der Waals surface area contributed by atoms with E-state index in [1.807, 2.05) is 35.9 Å². The fraction of sp³-hybridized carbons (Fsp3) is 0.0588. The smallest absolute Gasteiger partial charge is 0.271 e. The molecule has 2 aromatic carbocycles. The summed E-state index contributed by atoms with van der Waals surface area (Å²) in [6.07, 6.45) is 1.71. The third-order valence-corrected chi connectivity index (χ3v) is 4.45. The van der Waals surface area contributed by atoms with Crippen LogP contribution in [0.4, 0.5) is 0 Å². The number of benzene rings is 2. The average molecular weight is 362 g/mol. The number of rotatable bonds is 2. The molecule has 0 spiro atoms. The van der Waals surface area contributed by atoms with Crippen molar-refractivity contribution >= 4 is 45.9 Å². The molecule has 1 heterocycles. The van der Waals surface area contributed by atoms with E-state index in [0.29, 0.717) is 5.56 Å². The van der Waals surface area contributed by atoms with Gasteiger partial charge in [-0.2, -0.15) is 0 Å². The minimum absolute atomic E-state index is 0.135. The van der Waals surface area contributed by atoms with Gasteiger partial charge in [0.25, 0.3) is 11.8 Å². The summed E-state index contributed by atoms with van der Waals surface area (Å²) in [6.45, 7) is 0. The Kier molecular flexibility index (Phi) is 4.46. The number of hydrogen-bond donors (Lipinski definition) is 2. The molecule has 0 saturated carbocycles. The summed E-state index contributed by atoms with van der Waals surface area (Å²) in [7, 11) is 1.85. The van der Waals surface area contributed by atoms with Crippen LogP contribution in [-0.4, -0.2) is 16.4 Å². The Morgan fingerprint density at radius 1 is 0.917 bits per heavy atom. The Morgan fingerprint density at radius 3 is 2.33 bits per heavy atom. The minimum Gasteiger partial charge on any atom is -0.350 e. The minimum atomic E-state index is -0.545. The van der Waals surface area contributed by atoms with E-state index >= 15 is 0 Å². The third-order valence-electron chi connectivity index (χ3n) is 3.63. The molecule has 0 aliphatic rings. The van der Waals surface area contributed by atoms with E-state index in [-0.39, 0.29) is 15.6 Å². The molecule has 2 N–H and O–H groups in total. The topological polar surface area (TPSA) is 63.1 Å². The van der Waals surface area contributed by atoms with Crippen LogP contribution >= 0.6 is 23.2 Å². The highest BCUT2D eigenvalue weighted by molar-refractivity contribution is 6.43. The highest BCUT2D eigenvalue weighted by Gasteiger charge is 2.16. The Bertz CT molecular complexity index is 950. The van der Waals surface area contributed by atoms with Gasteiger partial charge in [-0.1, -0.05) is 47.5 Å². The summed E-state index contributed by atoms with van der Waals surface area (Å²) in [4.78, 5) is 24.5. The number of para-hydroxylation sites is 1. The van der Waals surface area contributed by atoms with Crippen molar-refractivity contribution in [2.75, 3.05) is 0 Å².